The maximum Gasteiger partial charge on any atom is 0.332 e. The van der Waals surface area contributed by atoms with Gasteiger partial charge in [-0.3, -0.25) is 19.3 Å². The number of rotatable bonds is 12. The highest BCUT2D eigenvalue weighted by molar-refractivity contribution is 6.31. The van der Waals surface area contributed by atoms with Crippen molar-refractivity contribution in [3.8, 4) is 17.2 Å². The molecule has 2 aromatic carbocycles. The number of morpholine rings is 1. The van der Waals surface area contributed by atoms with Gasteiger partial charge in [0.05, 0.1) is 49.2 Å². The molecule has 320 valence electrons. The average molecular weight is 826 g/mol. The lowest BCUT2D eigenvalue weighted by molar-refractivity contribution is -0.258. The van der Waals surface area contributed by atoms with Gasteiger partial charge in [0.25, 0.3) is 0 Å². The van der Waals surface area contributed by atoms with E-state index in [0.717, 1.165) is 6.42 Å². The number of esters is 1. The number of ether oxygens (including phenoxy) is 9. The molecule has 4 fully saturated rings. The molecule has 17 heteroatoms. The van der Waals surface area contributed by atoms with Gasteiger partial charge in [0, 0.05) is 68.5 Å². The van der Waals surface area contributed by atoms with Gasteiger partial charge in [-0.05, 0) is 32.8 Å². The number of hydrogen-bond donors (Lipinski definition) is 3. The van der Waals surface area contributed by atoms with Crippen molar-refractivity contribution in [3.63, 3.8) is 0 Å². The molecular formula is C42H51NO16. The Kier molecular flexibility index (Phi) is 11.6. The van der Waals surface area contributed by atoms with Gasteiger partial charge >= 0.3 is 5.97 Å². The van der Waals surface area contributed by atoms with Crippen LogP contribution >= 0.6 is 0 Å². The molecular weight excluding hydrogens is 774 g/mol. The summed E-state index contributed by atoms with van der Waals surface area (Å²) in [6.45, 7) is 3.61. The zero-order valence-electron chi connectivity index (χ0n) is 33.6. The summed E-state index contributed by atoms with van der Waals surface area (Å²) in [4.78, 5) is 56.9. The van der Waals surface area contributed by atoms with Gasteiger partial charge in [-0.1, -0.05) is 18.6 Å². The van der Waals surface area contributed by atoms with E-state index in [9.17, 15) is 34.5 Å². The van der Waals surface area contributed by atoms with Gasteiger partial charge in [-0.15, -0.1) is 0 Å². The predicted molar refractivity (Wildman–Crippen MR) is 201 cm³/mol. The largest absolute Gasteiger partial charge is 0.507 e. The van der Waals surface area contributed by atoms with E-state index in [1.54, 1.807) is 14.0 Å². The fourth-order valence-electron chi connectivity index (χ4n) is 9.69. The molecule has 0 radical (unpaired) electrons. The van der Waals surface area contributed by atoms with Crippen LogP contribution in [-0.2, 0) is 53.9 Å². The summed E-state index contributed by atoms with van der Waals surface area (Å²) in [5.41, 5.74) is -3.52. The van der Waals surface area contributed by atoms with Crippen molar-refractivity contribution in [3.05, 3.63) is 51.6 Å². The van der Waals surface area contributed by atoms with E-state index in [4.69, 9.17) is 42.6 Å². The van der Waals surface area contributed by atoms with Crippen LogP contribution < -0.4 is 4.74 Å². The average Bonchev–Trinajstić information content (AvgIpc) is 3.62. The Morgan fingerprint density at radius 1 is 0.966 bits per heavy atom. The standard InChI is InChI=1S/C42H51NO16/c1-5-53-28(45)20-56-42(12-7-6-8-13-42)55-19-27(44)41(50)17-23-31(37(49)33-32(35(23)47)34(46)22-10-9-11-25(51-3)30(22)36(33)48)26(18-41)58-29-16-24-38(21(2)57-29)59-39-40(52-4)54-15-14-43(24)39/h9-11,21,24,26,29,38-40,47,49-50H,5-8,12-20H2,1-4H3/t21-,24-,26-,29-,38+,39+,40-,41-/m0/s1. The third-order valence-electron chi connectivity index (χ3n) is 12.5. The molecule has 0 unspecified atom stereocenters. The third-order valence-corrected chi connectivity index (χ3v) is 12.5. The highest BCUT2D eigenvalue weighted by Crippen LogP contribution is 2.53. The molecule has 17 nitrogen and oxygen atoms in total. The Labute approximate surface area is 340 Å². The molecule has 0 amide bonds. The van der Waals surface area contributed by atoms with Crippen LogP contribution in [0, 0.1) is 0 Å². The fourth-order valence-corrected chi connectivity index (χ4v) is 9.69. The van der Waals surface area contributed by atoms with Crippen molar-refractivity contribution in [1.29, 1.82) is 0 Å². The first-order valence-corrected chi connectivity index (χ1v) is 20.3. The first-order chi connectivity index (χ1) is 28.3. The smallest absolute Gasteiger partial charge is 0.332 e. The Hall–Kier alpha value is -4.04. The molecule has 3 heterocycles. The molecule has 3 saturated heterocycles. The molecule has 3 N–H and O–H groups in total. The highest BCUT2D eigenvalue weighted by Gasteiger charge is 2.55. The Morgan fingerprint density at radius 3 is 2.44 bits per heavy atom. The highest BCUT2D eigenvalue weighted by atomic mass is 16.7. The monoisotopic (exact) mass is 825 g/mol. The van der Waals surface area contributed by atoms with E-state index in [2.05, 4.69) is 4.90 Å². The molecule has 8 rings (SSSR count). The number of nitrogens with zero attached hydrogens (tertiary/aromatic N) is 1. The second-order valence-electron chi connectivity index (χ2n) is 16.0. The van der Waals surface area contributed by atoms with Crippen LogP contribution in [0.25, 0.3) is 0 Å². The molecule has 0 spiro atoms. The van der Waals surface area contributed by atoms with E-state index < -0.39 is 108 Å². The predicted octanol–water partition coefficient (Wildman–Crippen LogP) is 2.98. The van der Waals surface area contributed by atoms with E-state index in [1.807, 2.05) is 6.92 Å². The number of phenols is 2. The molecule has 0 aromatic heterocycles. The van der Waals surface area contributed by atoms with Crippen molar-refractivity contribution in [2.75, 3.05) is 47.2 Å². The topological polar surface area (TPSA) is 215 Å². The van der Waals surface area contributed by atoms with Crippen LogP contribution in [0.15, 0.2) is 18.2 Å². The van der Waals surface area contributed by atoms with E-state index in [0.29, 0.717) is 38.8 Å². The van der Waals surface area contributed by atoms with Gasteiger partial charge in [-0.25, -0.2) is 4.79 Å². The van der Waals surface area contributed by atoms with E-state index >= 15 is 0 Å². The Bertz CT molecular complexity index is 2000. The number of aliphatic hydroxyl groups is 1. The number of carbonyl (C=O) groups is 4. The molecule has 3 aliphatic heterocycles. The molecule has 8 atom stereocenters. The molecule has 1 saturated carbocycles. The maximum atomic E-state index is 14.3. The number of benzene rings is 2. The number of methoxy groups -OCH3 is 2. The number of aromatic hydroxyl groups is 2. The summed E-state index contributed by atoms with van der Waals surface area (Å²) in [5, 5.41) is 36.5. The van der Waals surface area contributed by atoms with Gasteiger partial charge in [0.2, 0.25) is 5.78 Å². The quantitative estimate of drug-likeness (QED) is 0.136. The number of fused-ring (bicyclic) bond motifs is 6. The first kappa shape index (κ1) is 41.7. The second-order valence-corrected chi connectivity index (χ2v) is 16.0. The van der Waals surface area contributed by atoms with Crippen molar-refractivity contribution in [1.82, 2.24) is 4.90 Å². The van der Waals surface area contributed by atoms with Crippen molar-refractivity contribution in [2.24, 2.45) is 0 Å². The first-order valence-electron chi connectivity index (χ1n) is 20.3. The molecule has 0 bridgehead atoms. The van der Waals surface area contributed by atoms with Crippen LogP contribution in [0.2, 0.25) is 0 Å². The lowest BCUT2D eigenvalue weighted by atomic mass is 9.72. The van der Waals surface area contributed by atoms with Gasteiger partial charge < -0.3 is 58.0 Å². The minimum atomic E-state index is -2.28. The molecule has 3 aliphatic carbocycles. The SMILES string of the molecule is CCOC(=O)COC1(OCC(=O)[C@]2(O)Cc3c(O)c4c(c(O)c3[C@@H](O[C@H]3C[C@H]5[C@H](O[C@@H]6[C@@H](OC)OCCN65)[C@H](C)O3)C2)C(=O)c2c(OC)cccc2C4=O)CCCCC1. The van der Waals surface area contributed by atoms with Crippen LogP contribution in [0.5, 0.6) is 17.2 Å². The van der Waals surface area contributed by atoms with Gasteiger partial charge in [-0.2, -0.15) is 0 Å². The summed E-state index contributed by atoms with van der Waals surface area (Å²) in [5.74, 6) is -5.38. The second kappa shape index (κ2) is 16.4. The Balaban J connectivity index is 1.14. The number of carbonyl (C=O) groups excluding carboxylic acids is 4. The summed E-state index contributed by atoms with van der Waals surface area (Å²) in [7, 11) is 2.89. The van der Waals surface area contributed by atoms with Gasteiger partial charge in [0.1, 0.15) is 42.2 Å². The maximum absolute atomic E-state index is 14.3. The van der Waals surface area contributed by atoms with Crippen molar-refractivity contribution in [2.45, 2.75) is 120 Å². The summed E-state index contributed by atoms with van der Waals surface area (Å²) in [6.07, 6.45) is -1.92. The lowest BCUT2D eigenvalue weighted by Gasteiger charge is -2.43. The van der Waals surface area contributed by atoms with Crippen LogP contribution in [0.1, 0.15) is 108 Å². The minimum absolute atomic E-state index is 0.0458. The van der Waals surface area contributed by atoms with Crippen LogP contribution in [0.4, 0.5) is 0 Å². The lowest BCUT2D eigenvalue weighted by Crippen LogP contribution is -2.55. The molecule has 2 aromatic rings. The third kappa shape index (κ3) is 7.33. The summed E-state index contributed by atoms with van der Waals surface area (Å²) >= 11 is 0. The number of phenolic OH excluding ortho intramolecular Hbond substituents is 2. The van der Waals surface area contributed by atoms with Crippen molar-refractivity contribution < 1.29 is 77.1 Å². The fraction of sp³-hybridized carbons (Fsp3) is 0.619. The van der Waals surface area contributed by atoms with Crippen molar-refractivity contribution >= 4 is 23.3 Å². The Morgan fingerprint density at radius 2 is 1.71 bits per heavy atom. The molecule has 6 aliphatic rings. The zero-order valence-corrected chi connectivity index (χ0v) is 33.6. The van der Waals surface area contributed by atoms with E-state index in [1.165, 1.54) is 25.3 Å². The number of hydrogen-bond acceptors (Lipinski definition) is 17. The van der Waals surface area contributed by atoms with E-state index in [-0.39, 0.29) is 59.8 Å². The molecule has 59 heavy (non-hydrogen) atoms. The number of ketones is 3. The van der Waals surface area contributed by atoms with Crippen LogP contribution in [0.3, 0.4) is 0 Å². The van der Waals surface area contributed by atoms with Crippen LogP contribution in [-0.4, -0.2) is 139 Å². The minimum Gasteiger partial charge on any atom is -0.507 e. The summed E-state index contributed by atoms with van der Waals surface area (Å²) < 4.78 is 53.1. The normalized spacial score (nSPS) is 31.0. The van der Waals surface area contributed by atoms with Gasteiger partial charge in [0.15, 0.2) is 36.2 Å². The number of Topliss-reactive ketones (excluding diaryl/α,β-unsaturated/α-hetero) is 1. The zero-order chi connectivity index (χ0) is 41.8. The summed E-state index contributed by atoms with van der Waals surface area (Å²) in [6, 6.07) is 4.25.